The van der Waals surface area contributed by atoms with Gasteiger partial charge < -0.3 is 24.1 Å². The summed E-state index contributed by atoms with van der Waals surface area (Å²) in [7, 11) is 3.30. The van der Waals surface area contributed by atoms with E-state index in [1.807, 2.05) is 38.1 Å². The summed E-state index contributed by atoms with van der Waals surface area (Å²) < 4.78 is 17.9. The van der Waals surface area contributed by atoms with Crippen LogP contribution in [0.1, 0.15) is 41.4 Å². The fourth-order valence-corrected chi connectivity index (χ4v) is 5.16. The molecule has 0 saturated carbocycles. The number of aryl methyl sites for hydroxylation is 1. The molecule has 0 radical (unpaired) electrons. The van der Waals surface area contributed by atoms with Gasteiger partial charge in [0.15, 0.2) is 0 Å². The number of esters is 1. The van der Waals surface area contributed by atoms with Crippen LogP contribution in [0.3, 0.4) is 0 Å². The van der Waals surface area contributed by atoms with Crippen molar-refractivity contribution in [1.82, 2.24) is 9.88 Å². The Labute approximate surface area is 226 Å². The van der Waals surface area contributed by atoms with E-state index >= 15 is 0 Å². The lowest BCUT2D eigenvalue weighted by Gasteiger charge is -2.42. The summed E-state index contributed by atoms with van der Waals surface area (Å²) in [4.78, 5) is 26.1. The van der Waals surface area contributed by atoms with Crippen LogP contribution in [-0.2, 0) is 26.9 Å². The number of benzene rings is 2. The number of fused-ring (bicyclic) bond motifs is 1. The van der Waals surface area contributed by atoms with Gasteiger partial charge in [-0.3, -0.25) is 9.59 Å². The summed E-state index contributed by atoms with van der Waals surface area (Å²) in [5, 5.41) is 4.44. The highest BCUT2D eigenvalue weighted by molar-refractivity contribution is 6.46. The molecule has 0 spiro atoms. The SMILES string of the molecule is C=CCOC(=O)C(c1ccc(C2(NC(=O)c3cc4c(Cl)c(Cl)c(OC)cc4n3C)COC2)cc1)C(C)C. The Morgan fingerprint density at radius 3 is 2.41 bits per heavy atom. The molecule has 0 aliphatic carbocycles. The van der Waals surface area contributed by atoms with Crippen molar-refractivity contribution >= 4 is 46.0 Å². The number of nitrogens with zero attached hydrogens (tertiary/aromatic N) is 1. The lowest BCUT2D eigenvalue weighted by Crippen LogP contribution is -2.59. The Hall–Kier alpha value is -3.00. The molecule has 2 aromatic carbocycles. The summed E-state index contributed by atoms with van der Waals surface area (Å²) in [6.45, 7) is 8.39. The molecule has 1 fully saturated rings. The molecule has 1 aliphatic heterocycles. The molecule has 2 heterocycles. The molecule has 1 amide bonds. The number of halogens is 2. The van der Waals surface area contributed by atoms with Gasteiger partial charge in [-0.1, -0.05) is 74.0 Å². The molecule has 37 heavy (non-hydrogen) atoms. The Kier molecular flexibility index (Phi) is 7.88. The van der Waals surface area contributed by atoms with E-state index in [1.54, 1.807) is 29.8 Å². The second-order valence-electron chi connectivity index (χ2n) is 9.52. The van der Waals surface area contributed by atoms with Crippen LogP contribution in [0.4, 0.5) is 0 Å². The summed E-state index contributed by atoms with van der Waals surface area (Å²) in [6, 6.07) is 11.1. The Bertz CT molecular complexity index is 1340. The van der Waals surface area contributed by atoms with Crippen molar-refractivity contribution in [1.29, 1.82) is 0 Å². The van der Waals surface area contributed by atoms with E-state index in [4.69, 9.17) is 37.4 Å². The zero-order chi connectivity index (χ0) is 26.9. The number of aromatic nitrogens is 1. The summed E-state index contributed by atoms with van der Waals surface area (Å²) in [5.74, 6) is -0.478. The molecule has 196 valence electrons. The van der Waals surface area contributed by atoms with Crippen LogP contribution in [0.25, 0.3) is 10.9 Å². The number of nitrogens with one attached hydrogen (secondary N) is 1. The molecule has 1 unspecified atom stereocenters. The van der Waals surface area contributed by atoms with Crippen LogP contribution in [0.2, 0.25) is 10.0 Å². The van der Waals surface area contributed by atoms with Gasteiger partial charge in [-0.05, 0) is 23.1 Å². The zero-order valence-electron chi connectivity index (χ0n) is 21.3. The van der Waals surface area contributed by atoms with E-state index in [0.717, 1.165) is 16.6 Å². The highest BCUT2D eigenvalue weighted by atomic mass is 35.5. The second kappa shape index (κ2) is 10.8. The third-order valence-corrected chi connectivity index (χ3v) is 7.65. The van der Waals surface area contributed by atoms with Gasteiger partial charge >= 0.3 is 5.97 Å². The first-order chi connectivity index (χ1) is 17.6. The minimum absolute atomic E-state index is 0.0503. The first kappa shape index (κ1) is 27.0. The third-order valence-electron chi connectivity index (χ3n) is 6.78. The monoisotopic (exact) mass is 544 g/mol. The third kappa shape index (κ3) is 4.96. The maximum absolute atomic E-state index is 13.5. The van der Waals surface area contributed by atoms with Gasteiger partial charge in [-0.25, -0.2) is 0 Å². The van der Waals surface area contributed by atoms with Crippen LogP contribution in [0, 0.1) is 5.92 Å². The average Bonchev–Trinajstić information content (AvgIpc) is 3.19. The van der Waals surface area contributed by atoms with Gasteiger partial charge in [-0.2, -0.15) is 0 Å². The van der Waals surface area contributed by atoms with Crippen LogP contribution in [0.15, 0.2) is 49.1 Å². The first-order valence-corrected chi connectivity index (χ1v) is 12.7. The molecule has 1 aliphatic rings. The summed E-state index contributed by atoms with van der Waals surface area (Å²) in [6.07, 6.45) is 1.55. The fraction of sp³-hybridized carbons (Fsp3) is 0.357. The molecule has 0 bridgehead atoms. The Morgan fingerprint density at radius 1 is 1.19 bits per heavy atom. The Balaban J connectivity index is 1.61. The van der Waals surface area contributed by atoms with E-state index < -0.39 is 11.5 Å². The number of hydrogen-bond donors (Lipinski definition) is 1. The zero-order valence-corrected chi connectivity index (χ0v) is 22.8. The Morgan fingerprint density at radius 2 is 1.86 bits per heavy atom. The number of carbonyl (C=O) groups is 2. The highest BCUT2D eigenvalue weighted by Crippen LogP contribution is 2.40. The predicted molar refractivity (Wildman–Crippen MR) is 145 cm³/mol. The van der Waals surface area contributed by atoms with Crippen molar-refractivity contribution in [3.8, 4) is 5.75 Å². The van der Waals surface area contributed by atoms with Crippen molar-refractivity contribution in [3.05, 3.63) is 75.9 Å². The minimum atomic E-state index is -0.693. The van der Waals surface area contributed by atoms with Crippen LogP contribution in [-0.4, -0.2) is 43.4 Å². The van der Waals surface area contributed by atoms with Crippen molar-refractivity contribution in [2.45, 2.75) is 25.3 Å². The largest absolute Gasteiger partial charge is 0.495 e. The summed E-state index contributed by atoms with van der Waals surface area (Å²) >= 11 is 12.8. The van der Waals surface area contributed by atoms with E-state index in [-0.39, 0.29) is 24.4 Å². The quantitative estimate of drug-likeness (QED) is 0.279. The van der Waals surface area contributed by atoms with Gasteiger partial charge in [0.2, 0.25) is 0 Å². The maximum atomic E-state index is 13.5. The normalized spacial score (nSPS) is 15.2. The molecule has 1 aromatic heterocycles. The molecule has 9 heteroatoms. The number of methoxy groups -OCH3 is 1. The predicted octanol–water partition coefficient (Wildman–Crippen LogP) is 5.62. The van der Waals surface area contributed by atoms with E-state index in [2.05, 4.69) is 11.9 Å². The number of rotatable bonds is 9. The lowest BCUT2D eigenvalue weighted by molar-refractivity contribution is -0.145. The van der Waals surface area contributed by atoms with Crippen LogP contribution >= 0.6 is 23.2 Å². The summed E-state index contributed by atoms with van der Waals surface area (Å²) in [5.41, 5.74) is 2.20. The topological polar surface area (TPSA) is 78.8 Å². The molecule has 7 nitrogen and oxygen atoms in total. The molecular formula is C28H30Cl2N2O5. The number of carbonyl (C=O) groups excluding carboxylic acids is 2. The van der Waals surface area contributed by atoms with E-state index in [1.165, 1.54) is 7.11 Å². The van der Waals surface area contributed by atoms with E-state index in [0.29, 0.717) is 40.1 Å². The van der Waals surface area contributed by atoms with Crippen LogP contribution < -0.4 is 10.1 Å². The van der Waals surface area contributed by atoms with Gasteiger partial charge in [0.1, 0.15) is 28.6 Å². The molecular weight excluding hydrogens is 515 g/mol. The van der Waals surface area contributed by atoms with Crippen molar-refractivity contribution in [2.75, 3.05) is 26.9 Å². The molecule has 4 rings (SSSR count). The van der Waals surface area contributed by atoms with Crippen molar-refractivity contribution < 1.29 is 23.8 Å². The first-order valence-electron chi connectivity index (χ1n) is 11.9. The van der Waals surface area contributed by atoms with Crippen molar-refractivity contribution in [2.24, 2.45) is 13.0 Å². The smallest absolute Gasteiger partial charge is 0.313 e. The molecule has 3 aromatic rings. The average molecular weight is 545 g/mol. The molecule has 1 atom stereocenters. The van der Waals surface area contributed by atoms with Crippen LogP contribution in [0.5, 0.6) is 5.75 Å². The van der Waals surface area contributed by atoms with Gasteiger partial charge in [0, 0.05) is 18.5 Å². The lowest BCUT2D eigenvalue weighted by atomic mass is 9.83. The highest BCUT2D eigenvalue weighted by Gasteiger charge is 2.42. The minimum Gasteiger partial charge on any atom is -0.495 e. The van der Waals surface area contributed by atoms with E-state index in [9.17, 15) is 9.59 Å². The molecule has 1 saturated heterocycles. The number of ether oxygens (including phenoxy) is 3. The molecule has 1 N–H and O–H groups in total. The maximum Gasteiger partial charge on any atom is 0.313 e. The number of hydrogen-bond acceptors (Lipinski definition) is 5. The van der Waals surface area contributed by atoms with Crippen molar-refractivity contribution in [3.63, 3.8) is 0 Å². The second-order valence-corrected chi connectivity index (χ2v) is 10.3. The van der Waals surface area contributed by atoms with Gasteiger partial charge in [0.05, 0.1) is 36.8 Å². The van der Waals surface area contributed by atoms with Gasteiger partial charge in [-0.15, -0.1) is 0 Å². The standard InChI is InChI=1S/C28H30Cl2N2O5/c1-6-11-37-27(34)23(16(2)3)17-7-9-18(10-8-17)28(14-36-15-28)31-26(33)21-12-19-20(32(21)4)13-22(35-5)25(30)24(19)29/h6-10,12-13,16,23H,1,11,14-15H2,2-5H3,(H,31,33). The fourth-order valence-electron chi connectivity index (χ4n) is 4.68. The number of amides is 1. The van der Waals surface area contributed by atoms with Gasteiger partial charge in [0.25, 0.3) is 5.91 Å².